The van der Waals surface area contributed by atoms with Crippen molar-refractivity contribution in [3.63, 3.8) is 0 Å². The molecule has 0 saturated carbocycles. The molecule has 0 unspecified atom stereocenters. The van der Waals surface area contributed by atoms with Gasteiger partial charge in [0, 0.05) is 0 Å². The van der Waals surface area contributed by atoms with E-state index in [0.29, 0.717) is 6.42 Å². The predicted octanol–water partition coefficient (Wildman–Crippen LogP) is 2.13. The van der Waals surface area contributed by atoms with Crippen molar-refractivity contribution in [2.24, 2.45) is 10.8 Å². The Kier molecular flexibility index (Phi) is 3.48. The second kappa shape index (κ2) is 3.78. The molecule has 0 amide bonds. The van der Waals surface area contributed by atoms with Crippen LogP contribution in [-0.4, -0.2) is 13.1 Å². The number of nitriles is 1. The van der Waals surface area contributed by atoms with Crippen molar-refractivity contribution >= 4 is 5.97 Å². The molecule has 0 aromatic heterocycles. The molecule has 0 aliphatic carbocycles. The zero-order valence-corrected chi connectivity index (χ0v) is 8.97. The van der Waals surface area contributed by atoms with Crippen molar-refractivity contribution in [3.05, 3.63) is 0 Å². The Labute approximate surface area is 79.7 Å². The Morgan fingerprint density at radius 1 is 1.38 bits per heavy atom. The van der Waals surface area contributed by atoms with E-state index in [-0.39, 0.29) is 5.97 Å². The van der Waals surface area contributed by atoms with E-state index in [1.54, 1.807) is 13.8 Å². The van der Waals surface area contributed by atoms with E-state index >= 15 is 0 Å². The first kappa shape index (κ1) is 12.0. The quantitative estimate of drug-likeness (QED) is 0.630. The fraction of sp³-hybridized carbons (Fsp3) is 0.800. The van der Waals surface area contributed by atoms with Gasteiger partial charge in [-0.05, 0) is 34.1 Å². The third-order valence-corrected chi connectivity index (χ3v) is 1.92. The van der Waals surface area contributed by atoms with Crippen molar-refractivity contribution < 1.29 is 9.53 Å². The van der Waals surface area contributed by atoms with E-state index in [9.17, 15) is 4.79 Å². The first-order chi connectivity index (χ1) is 5.75. The number of ether oxygens (including phenoxy) is 1. The van der Waals surface area contributed by atoms with E-state index < -0.39 is 10.8 Å². The van der Waals surface area contributed by atoms with Crippen LogP contribution in [0.1, 0.15) is 34.1 Å². The van der Waals surface area contributed by atoms with Gasteiger partial charge in [0.2, 0.25) is 0 Å². The lowest BCUT2D eigenvalue weighted by Gasteiger charge is -2.27. The maximum absolute atomic E-state index is 11.3. The third kappa shape index (κ3) is 3.45. The first-order valence-electron chi connectivity index (χ1n) is 4.25. The zero-order chi connectivity index (χ0) is 10.7. The van der Waals surface area contributed by atoms with E-state index in [1.807, 2.05) is 13.8 Å². The maximum Gasteiger partial charge on any atom is 0.311 e. The predicted molar refractivity (Wildman–Crippen MR) is 49.8 cm³/mol. The second-order valence-electron chi connectivity index (χ2n) is 4.55. The molecule has 0 N–H and O–H groups in total. The van der Waals surface area contributed by atoms with Gasteiger partial charge >= 0.3 is 5.97 Å². The summed E-state index contributed by atoms with van der Waals surface area (Å²) in [7, 11) is 1.36. The van der Waals surface area contributed by atoms with Crippen LogP contribution in [0.5, 0.6) is 0 Å². The standard InChI is InChI=1S/C10H17NO2/c1-9(2,7-11)6-10(3,4)8(12)13-5/h6H2,1-5H3. The van der Waals surface area contributed by atoms with Crippen LogP contribution in [0.4, 0.5) is 0 Å². The summed E-state index contributed by atoms with van der Waals surface area (Å²) in [4.78, 5) is 11.3. The van der Waals surface area contributed by atoms with Gasteiger partial charge in [0.15, 0.2) is 0 Å². The van der Waals surface area contributed by atoms with Crippen LogP contribution >= 0.6 is 0 Å². The van der Waals surface area contributed by atoms with E-state index in [0.717, 1.165) is 0 Å². The largest absolute Gasteiger partial charge is 0.469 e. The Balaban J connectivity index is 4.53. The summed E-state index contributed by atoms with van der Waals surface area (Å²) in [5.74, 6) is -0.268. The summed E-state index contributed by atoms with van der Waals surface area (Å²) in [5.41, 5.74) is -1.08. The molecular formula is C10H17NO2. The normalized spacial score (nSPS) is 12.0. The monoisotopic (exact) mass is 183 g/mol. The second-order valence-corrected chi connectivity index (χ2v) is 4.55. The molecule has 3 heteroatoms. The van der Waals surface area contributed by atoms with Crippen molar-refractivity contribution in [1.29, 1.82) is 5.26 Å². The summed E-state index contributed by atoms with van der Waals surface area (Å²) in [6.45, 7) is 7.21. The molecule has 0 spiro atoms. The first-order valence-corrected chi connectivity index (χ1v) is 4.25. The van der Waals surface area contributed by atoms with Crippen LogP contribution in [0.25, 0.3) is 0 Å². The number of carbonyl (C=O) groups is 1. The molecular weight excluding hydrogens is 166 g/mol. The summed E-state index contributed by atoms with van der Waals surface area (Å²) >= 11 is 0. The number of hydrogen-bond acceptors (Lipinski definition) is 3. The number of rotatable bonds is 3. The summed E-state index contributed by atoms with van der Waals surface area (Å²) < 4.78 is 4.66. The smallest absolute Gasteiger partial charge is 0.311 e. The van der Waals surface area contributed by atoms with Crippen molar-refractivity contribution in [1.82, 2.24) is 0 Å². The molecule has 0 aromatic rings. The fourth-order valence-corrected chi connectivity index (χ4v) is 1.49. The average Bonchev–Trinajstić information content (AvgIpc) is 2.01. The molecule has 0 atom stereocenters. The summed E-state index contributed by atoms with van der Waals surface area (Å²) in [5, 5.41) is 8.81. The van der Waals surface area contributed by atoms with Gasteiger partial charge < -0.3 is 4.74 Å². The highest BCUT2D eigenvalue weighted by atomic mass is 16.5. The number of esters is 1. The molecule has 0 heterocycles. The maximum atomic E-state index is 11.3. The van der Waals surface area contributed by atoms with E-state index in [2.05, 4.69) is 10.8 Å². The molecule has 0 bridgehead atoms. The molecule has 3 nitrogen and oxygen atoms in total. The van der Waals surface area contributed by atoms with Crippen LogP contribution in [0.2, 0.25) is 0 Å². The SMILES string of the molecule is COC(=O)C(C)(C)CC(C)(C)C#N. The van der Waals surface area contributed by atoms with Gasteiger partial charge in [0.25, 0.3) is 0 Å². The molecule has 0 radical (unpaired) electrons. The molecule has 0 saturated heterocycles. The molecule has 0 fully saturated rings. The van der Waals surface area contributed by atoms with E-state index in [4.69, 9.17) is 5.26 Å². The molecule has 13 heavy (non-hydrogen) atoms. The lowest BCUT2D eigenvalue weighted by atomic mass is 9.76. The minimum atomic E-state index is -0.589. The highest BCUT2D eigenvalue weighted by molar-refractivity contribution is 5.75. The lowest BCUT2D eigenvalue weighted by Crippen LogP contribution is -2.30. The molecule has 0 aromatic carbocycles. The van der Waals surface area contributed by atoms with Crippen LogP contribution in [0.3, 0.4) is 0 Å². The van der Waals surface area contributed by atoms with Crippen LogP contribution < -0.4 is 0 Å². The number of methoxy groups -OCH3 is 1. The minimum Gasteiger partial charge on any atom is -0.469 e. The van der Waals surface area contributed by atoms with Gasteiger partial charge in [0.05, 0.1) is 24.0 Å². The van der Waals surface area contributed by atoms with Gasteiger partial charge in [-0.15, -0.1) is 0 Å². The molecule has 0 rings (SSSR count). The van der Waals surface area contributed by atoms with Crippen LogP contribution in [-0.2, 0) is 9.53 Å². The Morgan fingerprint density at radius 2 is 1.85 bits per heavy atom. The van der Waals surface area contributed by atoms with Crippen molar-refractivity contribution in [2.75, 3.05) is 7.11 Å². The number of carbonyl (C=O) groups excluding carboxylic acids is 1. The van der Waals surface area contributed by atoms with Gasteiger partial charge in [-0.3, -0.25) is 4.79 Å². The number of nitrogens with zero attached hydrogens (tertiary/aromatic N) is 1. The van der Waals surface area contributed by atoms with Crippen LogP contribution in [0.15, 0.2) is 0 Å². The van der Waals surface area contributed by atoms with Gasteiger partial charge in [-0.2, -0.15) is 5.26 Å². The topological polar surface area (TPSA) is 50.1 Å². The van der Waals surface area contributed by atoms with Gasteiger partial charge in [-0.25, -0.2) is 0 Å². The zero-order valence-electron chi connectivity index (χ0n) is 8.97. The average molecular weight is 183 g/mol. The summed E-state index contributed by atoms with van der Waals surface area (Å²) in [6.07, 6.45) is 0.503. The summed E-state index contributed by atoms with van der Waals surface area (Å²) in [6, 6.07) is 2.17. The third-order valence-electron chi connectivity index (χ3n) is 1.92. The van der Waals surface area contributed by atoms with Gasteiger partial charge in [-0.1, -0.05) is 0 Å². The molecule has 0 aliphatic rings. The van der Waals surface area contributed by atoms with E-state index in [1.165, 1.54) is 7.11 Å². The Morgan fingerprint density at radius 3 is 2.15 bits per heavy atom. The Hall–Kier alpha value is -1.04. The Bertz CT molecular complexity index is 236. The highest BCUT2D eigenvalue weighted by Crippen LogP contribution is 2.33. The molecule has 0 aliphatic heterocycles. The fourth-order valence-electron chi connectivity index (χ4n) is 1.49. The minimum absolute atomic E-state index is 0.268. The lowest BCUT2D eigenvalue weighted by molar-refractivity contribution is -0.152. The van der Waals surface area contributed by atoms with Crippen LogP contribution in [0, 0.1) is 22.2 Å². The van der Waals surface area contributed by atoms with Crippen molar-refractivity contribution in [2.45, 2.75) is 34.1 Å². The van der Waals surface area contributed by atoms with Gasteiger partial charge in [0.1, 0.15) is 0 Å². The number of hydrogen-bond donors (Lipinski definition) is 0. The molecule has 74 valence electrons. The highest BCUT2D eigenvalue weighted by Gasteiger charge is 2.35. The van der Waals surface area contributed by atoms with Crippen molar-refractivity contribution in [3.8, 4) is 6.07 Å².